The van der Waals surface area contributed by atoms with Gasteiger partial charge in [-0.25, -0.2) is 0 Å². The number of hydrogen-bond acceptors (Lipinski definition) is 3. The summed E-state index contributed by atoms with van der Waals surface area (Å²) in [7, 11) is 0. The minimum Gasteiger partial charge on any atom is -0.381 e. The third-order valence-corrected chi connectivity index (χ3v) is 3.11. The highest BCUT2D eigenvalue weighted by atomic mass is 16.5. The van der Waals surface area contributed by atoms with Crippen molar-refractivity contribution < 1.29 is 4.52 Å². The molecule has 0 aliphatic carbocycles. The van der Waals surface area contributed by atoms with Crippen molar-refractivity contribution in [3.63, 3.8) is 0 Å². The van der Waals surface area contributed by atoms with Gasteiger partial charge in [-0.05, 0) is 25.2 Å². The Balaban J connectivity index is 2.92. The number of anilines is 1. The maximum absolute atomic E-state index is 5.91. The van der Waals surface area contributed by atoms with Gasteiger partial charge in [-0.2, -0.15) is 0 Å². The van der Waals surface area contributed by atoms with Crippen LogP contribution in [0.2, 0.25) is 0 Å². The maximum atomic E-state index is 5.91. The highest BCUT2D eigenvalue weighted by Crippen LogP contribution is 2.32. The molecule has 0 bridgehead atoms. The minimum atomic E-state index is 0.489. The summed E-state index contributed by atoms with van der Waals surface area (Å²) in [5.41, 5.74) is 7.06. The Bertz CT molecular complexity index is 325. The number of rotatable bonds is 7. The van der Waals surface area contributed by atoms with E-state index in [1.54, 1.807) is 0 Å². The molecule has 0 saturated heterocycles. The van der Waals surface area contributed by atoms with Crippen LogP contribution in [0.3, 0.4) is 0 Å². The molecule has 1 rings (SSSR count). The predicted molar refractivity (Wildman–Crippen MR) is 72.0 cm³/mol. The molecule has 1 aromatic heterocycles. The summed E-state index contributed by atoms with van der Waals surface area (Å²) in [5.74, 6) is 2.70. The second-order valence-electron chi connectivity index (χ2n) is 5.28. The summed E-state index contributed by atoms with van der Waals surface area (Å²) < 4.78 is 5.49. The average Bonchev–Trinajstić information content (AvgIpc) is 2.60. The number of nitrogen functional groups attached to an aromatic ring is 1. The first-order valence-electron chi connectivity index (χ1n) is 6.83. The molecule has 98 valence electrons. The summed E-state index contributed by atoms with van der Waals surface area (Å²) in [6.07, 6.45) is 5.63. The minimum absolute atomic E-state index is 0.489. The van der Waals surface area contributed by atoms with E-state index in [1.807, 2.05) is 0 Å². The van der Waals surface area contributed by atoms with Crippen LogP contribution in [0.1, 0.15) is 70.6 Å². The molecule has 1 heterocycles. The van der Waals surface area contributed by atoms with E-state index in [9.17, 15) is 0 Å². The van der Waals surface area contributed by atoms with Crippen molar-refractivity contribution in [1.82, 2.24) is 5.16 Å². The molecule has 0 saturated carbocycles. The van der Waals surface area contributed by atoms with Gasteiger partial charge in [0, 0.05) is 11.5 Å². The van der Waals surface area contributed by atoms with Crippen LogP contribution in [-0.4, -0.2) is 5.16 Å². The van der Waals surface area contributed by atoms with Crippen LogP contribution in [-0.2, 0) is 6.42 Å². The average molecular weight is 238 g/mol. The zero-order valence-electron chi connectivity index (χ0n) is 11.6. The lowest BCUT2D eigenvalue weighted by Gasteiger charge is -2.14. The predicted octanol–water partition coefficient (Wildman–Crippen LogP) is 4.14. The molecule has 17 heavy (non-hydrogen) atoms. The summed E-state index contributed by atoms with van der Waals surface area (Å²) in [4.78, 5) is 0. The van der Waals surface area contributed by atoms with E-state index in [4.69, 9.17) is 10.3 Å². The fourth-order valence-electron chi connectivity index (χ4n) is 2.37. The summed E-state index contributed by atoms with van der Waals surface area (Å²) in [6.45, 7) is 8.82. The van der Waals surface area contributed by atoms with Crippen molar-refractivity contribution in [3.05, 3.63) is 11.3 Å². The van der Waals surface area contributed by atoms with Crippen LogP contribution >= 0.6 is 0 Å². The highest BCUT2D eigenvalue weighted by Gasteiger charge is 2.22. The van der Waals surface area contributed by atoms with E-state index < -0.39 is 0 Å². The lowest BCUT2D eigenvalue weighted by Crippen LogP contribution is -2.05. The van der Waals surface area contributed by atoms with Gasteiger partial charge in [-0.1, -0.05) is 45.7 Å². The van der Waals surface area contributed by atoms with Gasteiger partial charge in [-0.3, -0.25) is 0 Å². The molecule has 0 aromatic carbocycles. The Kier molecular flexibility index (Phi) is 5.52. The maximum Gasteiger partial charge on any atom is 0.170 e. The van der Waals surface area contributed by atoms with Crippen LogP contribution < -0.4 is 5.73 Å². The normalized spacial score (nSPS) is 11.6. The van der Waals surface area contributed by atoms with Gasteiger partial charge in [0.05, 0.1) is 0 Å². The molecule has 0 spiro atoms. The van der Waals surface area contributed by atoms with E-state index in [0.717, 1.165) is 30.6 Å². The van der Waals surface area contributed by atoms with Gasteiger partial charge in [0.25, 0.3) is 0 Å². The topological polar surface area (TPSA) is 52.0 Å². The summed E-state index contributed by atoms with van der Waals surface area (Å²) >= 11 is 0. The monoisotopic (exact) mass is 238 g/mol. The van der Waals surface area contributed by atoms with Gasteiger partial charge >= 0.3 is 0 Å². The van der Waals surface area contributed by atoms with E-state index in [2.05, 4.69) is 32.9 Å². The highest BCUT2D eigenvalue weighted by molar-refractivity contribution is 5.42. The number of hydrogen-bond donors (Lipinski definition) is 1. The van der Waals surface area contributed by atoms with E-state index in [-0.39, 0.29) is 0 Å². The third kappa shape index (κ3) is 3.76. The molecule has 0 atom stereocenters. The van der Waals surface area contributed by atoms with Crippen LogP contribution in [0.25, 0.3) is 0 Å². The first-order valence-corrected chi connectivity index (χ1v) is 6.83. The molecule has 0 aliphatic heterocycles. The fourth-order valence-corrected chi connectivity index (χ4v) is 2.37. The molecule has 1 aromatic rings. The first kappa shape index (κ1) is 14.1. The van der Waals surface area contributed by atoms with Crippen molar-refractivity contribution in [1.29, 1.82) is 0 Å². The molecule has 2 N–H and O–H groups in total. The second kappa shape index (κ2) is 6.67. The lowest BCUT2D eigenvalue weighted by molar-refractivity contribution is 0.342. The lowest BCUT2D eigenvalue weighted by atomic mass is 9.90. The fraction of sp³-hybridized carbons (Fsp3) is 0.786. The SMILES string of the molecule is CCCC(CCC)c1onc(N)c1CC(C)C. The van der Waals surface area contributed by atoms with E-state index in [0.29, 0.717) is 17.7 Å². The molecular weight excluding hydrogens is 212 g/mol. The quantitative estimate of drug-likeness (QED) is 0.776. The molecular formula is C14H26N2O. The summed E-state index contributed by atoms with van der Waals surface area (Å²) in [5, 5.41) is 3.96. The Morgan fingerprint density at radius 2 is 1.76 bits per heavy atom. The third-order valence-electron chi connectivity index (χ3n) is 3.11. The van der Waals surface area contributed by atoms with Crippen LogP contribution in [0.5, 0.6) is 0 Å². The number of aromatic nitrogens is 1. The molecule has 3 heteroatoms. The van der Waals surface area contributed by atoms with Crippen molar-refractivity contribution in [2.45, 2.75) is 65.7 Å². The Hall–Kier alpha value is -0.990. The van der Waals surface area contributed by atoms with Gasteiger partial charge in [-0.15, -0.1) is 0 Å². The molecule has 0 unspecified atom stereocenters. The van der Waals surface area contributed by atoms with Crippen LogP contribution in [0.15, 0.2) is 4.52 Å². The number of nitrogens with two attached hydrogens (primary N) is 1. The second-order valence-corrected chi connectivity index (χ2v) is 5.28. The number of nitrogens with zero attached hydrogens (tertiary/aromatic N) is 1. The van der Waals surface area contributed by atoms with E-state index in [1.165, 1.54) is 12.8 Å². The molecule has 0 aliphatic rings. The molecule has 0 radical (unpaired) electrons. The Labute approximate surface area is 105 Å². The van der Waals surface area contributed by atoms with E-state index >= 15 is 0 Å². The van der Waals surface area contributed by atoms with Crippen molar-refractivity contribution in [2.24, 2.45) is 5.92 Å². The van der Waals surface area contributed by atoms with Crippen LogP contribution in [0.4, 0.5) is 5.82 Å². The largest absolute Gasteiger partial charge is 0.381 e. The van der Waals surface area contributed by atoms with Gasteiger partial charge in [0.2, 0.25) is 0 Å². The van der Waals surface area contributed by atoms with Crippen molar-refractivity contribution >= 4 is 5.82 Å². The zero-order chi connectivity index (χ0) is 12.8. The van der Waals surface area contributed by atoms with Crippen LogP contribution in [0, 0.1) is 5.92 Å². The van der Waals surface area contributed by atoms with Crippen molar-refractivity contribution in [2.75, 3.05) is 5.73 Å². The Morgan fingerprint density at radius 1 is 1.18 bits per heavy atom. The first-order chi connectivity index (χ1) is 8.10. The van der Waals surface area contributed by atoms with Gasteiger partial charge < -0.3 is 10.3 Å². The molecule has 0 fully saturated rings. The Morgan fingerprint density at radius 3 is 2.24 bits per heavy atom. The summed E-state index contributed by atoms with van der Waals surface area (Å²) in [6, 6.07) is 0. The van der Waals surface area contributed by atoms with Crippen molar-refractivity contribution in [3.8, 4) is 0 Å². The van der Waals surface area contributed by atoms with Gasteiger partial charge in [0.15, 0.2) is 5.82 Å². The molecule has 0 amide bonds. The zero-order valence-corrected chi connectivity index (χ0v) is 11.6. The standard InChI is InChI=1S/C14H26N2O/c1-5-7-11(8-6-2)13-12(9-10(3)4)14(15)16-17-13/h10-11H,5-9H2,1-4H3,(H2,15,16). The smallest absolute Gasteiger partial charge is 0.170 e. The van der Waals surface area contributed by atoms with Gasteiger partial charge in [0.1, 0.15) is 5.76 Å². The molecule has 3 nitrogen and oxygen atoms in total.